The van der Waals surface area contributed by atoms with E-state index in [1.54, 1.807) is 12.1 Å². The van der Waals surface area contributed by atoms with Crippen LogP contribution in [0.15, 0.2) is 54.7 Å². The number of aromatic carboxylic acids is 1. The third-order valence-electron chi connectivity index (χ3n) is 3.37. The SMILES string of the molecule is O=C(O)c1cccc[n+]1CCCCCc1ccccc1. The molecule has 2 aromatic rings. The smallest absolute Gasteiger partial charge is 0.401 e. The number of hydrogen-bond donors (Lipinski definition) is 1. The molecule has 0 spiro atoms. The average Bonchev–Trinajstić information content (AvgIpc) is 2.48. The maximum absolute atomic E-state index is 11.1. The number of pyridine rings is 1. The molecule has 2 rings (SSSR count). The van der Waals surface area contributed by atoms with Gasteiger partial charge in [0.25, 0.3) is 5.69 Å². The first-order chi connectivity index (χ1) is 9.77. The molecule has 0 unspecified atom stereocenters. The maximum atomic E-state index is 11.1. The van der Waals surface area contributed by atoms with E-state index in [2.05, 4.69) is 24.3 Å². The van der Waals surface area contributed by atoms with Gasteiger partial charge in [-0.2, -0.15) is 4.57 Å². The van der Waals surface area contributed by atoms with Crippen molar-refractivity contribution in [2.24, 2.45) is 0 Å². The lowest BCUT2D eigenvalue weighted by Gasteiger charge is -2.02. The second kappa shape index (κ2) is 7.43. The summed E-state index contributed by atoms with van der Waals surface area (Å²) in [5.41, 5.74) is 1.72. The molecule has 0 saturated heterocycles. The van der Waals surface area contributed by atoms with Crippen LogP contribution in [0, 0.1) is 0 Å². The molecule has 1 aromatic carbocycles. The van der Waals surface area contributed by atoms with Crippen LogP contribution in [0.3, 0.4) is 0 Å². The van der Waals surface area contributed by atoms with Crippen molar-refractivity contribution in [2.75, 3.05) is 0 Å². The average molecular weight is 270 g/mol. The third-order valence-corrected chi connectivity index (χ3v) is 3.37. The summed E-state index contributed by atoms with van der Waals surface area (Å²) in [6.45, 7) is 0.761. The van der Waals surface area contributed by atoms with Gasteiger partial charge in [-0.25, -0.2) is 4.79 Å². The number of benzene rings is 1. The standard InChI is InChI=1S/C17H19NO2/c19-17(20)16-12-6-8-14-18(16)13-7-2-5-11-15-9-3-1-4-10-15/h1,3-4,6,8-10,12,14H,2,5,7,11,13H2/p+1. The first-order valence-corrected chi connectivity index (χ1v) is 7.03. The number of carboxylic acid groups (broad SMARTS) is 1. The number of hydrogen-bond acceptors (Lipinski definition) is 1. The van der Waals surface area contributed by atoms with Gasteiger partial charge in [-0.1, -0.05) is 30.3 Å². The molecule has 20 heavy (non-hydrogen) atoms. The molecule has 0 fully saturated rings. The molecular formula is C17H20NO2+. The maximum Gasteiger partial charge on any atom is 0.401 e. The fourth-order valence-corrected chi connectivity index (χ4v) is 2.30. The van der Waals surface area contributed by atoms with Crippen molar-refractivity contribution < 1.29 is 14.5 Å². The van der Waals surface area contributed by atoms with E-state index < -0.39 is 5.97 Å². The normalized spacial score (nSPS) is 10.4. The summed E-state index contributed by atoms with van der Waals surface area (Å²) in [6, 6.07) is 15.7. The van der Waals surface area contributed by atoms with Gasteiger partial charge in [0.05, 0.1) is 0 Å². The number of aromatic nitrogens is 1. The van der Waals surface area contributed by atoms with Crippen LogP contribution in [-0.2, 0) is 13.0 Å². The van der Waals surface area contributed by atoms with Crippen LogP contribution < -0.4 is 4.57 Å². The Kier molecular flexibility index (Phi) is 5.30. The zero-order valence-corrected chi connectivity index (χ0v) is 11.5. The molecule has 0 atom stereocenters. The Hall–Kier alpha value is -2.16. The number of nitrogens with zero attached hydrogens (tertiary/aromatic N) is 1. The van der Waals surface area contributed by atoms with E-state index in [1.165, 1.54) is 5.56 Å². The molecular weight excluding hydrogens is 250 g/mol. The van der Waals surface area contributed by atoms with E-state index in [0.29, 0.717) is 5.69 Å². The molecule has 0 radical (unpaired) electrons. The Morgan fingerprint density at radius 1 is 0.950 bits per heavy atom. The Morgan fingerprint density at radius 3 is 2.45 bits per heavy atom. The van der Waals surface area contributed by atoms with E-state index in [-0.39, 0.29) is 0 Å². The lowest BCUT2D eigenvalue weighted by atomic mass is 10.1. The minimum Gasteiger partial charge on any atom is -0.473 e. The van der Waals surface area contributed by atoms with Gasteiger partial charge in [-0.05, 0) is 30.9 Å². The minimum absolute atomic E-state index is 0.357. The summed E-state index contributed by atoms with van der Waals surface area (Å²) < 4.78 is 1.81. The molecule has 3 nitrogen and oxygen atoms in total. The summed E-state index contributed by atoms with van der Waals surface area (Å²) in [5.74, 6) is -0.866. The summed E-state index contributed by atoms with van der Waals surface area (Å²) >= 11 is 0. The molecule has 0 aliphatic heterocycles. The molecule has 104 valence electrons. The highest BCUT2D eigenvalue weighted by Gasteiger charge is 2.16. The van der Waals surface area contributed by atoms with Crippen LogP contribution in [0.1, 0.15) is 35.3 Å². The summed E-state index contributed by atoms with van der Waals surface area (Å²) in [5, 5.41) is 9.10. The highest BCUT2D eigenvalue weighted by atomic mass is 16.4. The van der Waals surface area contributed by atoms with Gasteiger partial charge in [0, 0.05) is 18.6 Å². The van der Waals surface area contributed by atoms with Crippen LogP contribution in [0.4, 0.5) is 0 Å². The van der Waals surface area contributed by atoms with Gasteiger partial charge in [-0.15, -0.1) is 0 Å². The van der Waals surface area contributed by atoms with E-state index >= 15 is 0 Å². The molecule has 1 aromatic heterocycles. The number of carbonyl (C=O) groups is 1. The van der Waals surface area contributed by atoms with Gasteiger partial charge < -0.3 is 5.11 Å². The number of unbranched alkanes of at least 4 members (excludes halogenated alkanes) is 2. The summed E-state index contributed by atoms with van der Waals surface area (Å²) in [7, 11) is 0. The van der Waals surface area contributed by atoms with Crippen molar-refractivity contribution in [2.45, 2.75) is 32.2 Å². The van der Waals surface area contributed by atoms with E-state index in [9.17, 15) is 4.79 Å². The third kappa shape index (κ3) is 4.19. The molecule has 1 heterocycles. The van der Waals surface area contributed by atoms with Crippen LogP contribution in [0.2, 0.25) is 0 Å². The highest BCUT2D eigenvalue weighted by molar-refractivity contribution is 5.83. The van der Waals surface area contributed by atoms with E-state index in [1.807, 2.05) is 22.9 Å². The number of aryl methyl sites for hydroxylation is 2. The van der Waals surface area contributed by atoms with Gasteiger partial charge in [0.1, 0.15) is 6.54 Å². The molecule has 0 bridgehead atoms. The fourth-order valence-electron chi connectivity index (χ4n) is 2.30. The predicted octanol–water partition coefficient (Wildman–Crippen LogP) is 3.09. The van der Waals surface area contributed by atoms with Crippen molar-refractivity contribution >= 4 is 5.97 Å². The van der Waals surface area contributed by atoms with Gasteiger partial charge in [-0.3, -0.25) is 0 Å². The van der Waals surface area contributed by atoms with E-state index in [4.69, 9.17) is 5.11 Å². The van der Waals surface area contributed by atoms with Crippen LogP contribution in [-0.4, -0.2) is 11.1 Å². The summed E-state index contributed by atoms with van der Waals surface area (Å²) in [4.78, 5) is 11.1. The molecule has 0 amide bonds. The Morgan fingerprint density at radius 2 is 1.70 bits per heavy atom. The van der Waals surface area contributed by atoms with Crippen LogP contribution in [0.5, 0.6) is 0 Å². The Labute approximate surface area is 119 Å². The zero-order chi connectivity index (χ0) is 14.2. The first-order valence-electron chi connectivity index (χ1n) is 7.03. The van der Waals surface area contributed by atoms with Crippen molar-refractivity contribution in [1.82, 2.24) is 0 Å². The van der Waals surface area contributed by atoms with Gasteiger partial charge in [0.2, 0.25) is 0 Å². The summed E-state index contributed by atoms with van der Waals surface area (Å²) in [6.07, 6.45) is 6.17. The van der Waals surface area contributed by atoms with Crippen molar-refractivity contribution in [3.63, 3.8) is 0 Å². The Balaban J connectivity index is 1.75. The number of carboxylic acids is 1. The van der Waals surface area contributed by atoms with Crippen molar-refractivity contribution in [1.29, 1.82) is 0 Å². The Bertz CT molecular complexity index is 552. The van der Waals surface area contributed by atoms with Gasteiger partial charge in [0.15, 0.2) is 6.20 Å². The fraction of sp³-hybridized carbons (Fsp3) is 0.294. The lowest BCUT2D eigenvalue weighted by molar-refractivity contribution is -0.699. The second-order valence-electron chi connectivity index (χ2n) is 4.88. The minimum atomic E-state index is -0.866. The molecule has 0 saturated carbocycles. The van der Waals surface area contributed by atoms with Crippen molar-refractivity contribution in [3.05, 3.63) is 66.0 Å². The molecule has 0 aliphatic rings. The lowest BCUT2D eigenvalue weighted by Crippen LogP contribution is -2.40. The molecule has 3 heteroatoms. The van der Waals surface area contributed by atoms with Gasteiger partial charge >= 0.3 is 5.97 Å². The van der Waals surface area contributed by atoms with Crippen LogP contribution in [0.25, 0.3) is 0 Å². The van der Waals surface area contributed by atoms with E-state index in [0.717, 1.165) is 32.2 Å². The predicted molar refractivity (Wildman–Crippen MR) is 77.6 cm³/mol. The second-order valence-corrected chi connectivity index (χ2v) is 4.88. The molecule has 1 N–H and O–H groups in total. The molecule has 0 aliphatic carbocycles. The topological polar surface area (TPSA) is 41.2 Å². The monoisotopic (exact) mass is 270 g/mol. The number of rotatable bonds is 7. The quantitative estimate of drug-likeness (QED) is 0.620. The zero-order valence-electron chi connectivity index (χ0n) is 11.5. The largest absolute Gasteiger partial charge is 0.473 e. The first kappa shape index (κ1) is 14.3. The van der Waals surface area contributed by atoms with Crippen molar-refractivity contribution in [3.8, 4) is 0 Å². The van der Waals surface area contributed by atoms with Crippen LogP contribution >= 0.6 is 0 Å². The highest BCUT2D eigenvalue weighted by Crippen LogP contribution is 2.06.